The van der Waals surface area contributed by atoms with Gasteiger partial charge < -0.3 is 15.6 Å². The minimum absolute atomic E-state index is 0.301. The van der Waals surface area contributed by atoms with E-state index in [1.807, 2.05) is 12.4 Å². The Morgan fingerprint density at radius 2 is 2.43 bits per heavy atom. The summed E-state index contributed by atoms with van der Waals surface area (Å²) in [5.41, 5.74) is 1.63. The number of H-pyrrole nitrogens is 1. The number of aromatic amines is 1. The van der Waals surface area contributed by atoms with Crippen molar-refractivity contribution in [2.75, 3.05) is 6.54 Å². The average molecular weight is 193 g/mol. The maximum atomic E-state index is 3.56. The van der Waals surface area contributed by atoms with E-state index in [1.54, 1.807) is 0 Å². The lowest BCUT2D eigenvalue weighted by molar-refractivity contribution is 0.442. The Morgan fingerprint density at radius 3 is 3.00 bits per heavy atom. The Hall–Kier alpha value is -0.800. The molecular weight excluding hydrogens is 174 g/mol. The largest absolute Gasteiger partial charge is 0.367 e. The van der Waals surface area contributed by atoms with E-state index in [4.69, 9.17) is 0 Å². The number of nitrogens with one attached hydrogen (secondary N) is 3. The van der Waals surface area contributed by atoms with Gasteiger partial charge in [0.05, 0.1) is 0 Å². The summed E-state index contributed by atoms with van der Waals surface area (Å²) in [7, 11) is 0. The van der Waals surface area contributed by atoms with Gasteiger partial charge in [-0.1, -0.05) is 0 Å². The van der Waals surface area contributed by atoms with Gasteiger partial charge in [-0.25, -0.2) is 0 Å². The van der Waals surface area contributed by atoms with Gasteiger partial charge in [-0.05, 0) is 31.9 Å². The highest BCUT2D eigenvalue weighted by Crippen LogP contribution is 2.17. The van der Waals surface area contributed by atoms with Crippen LogP contribution in [0.2, 0.25) is 0 Å². The maximum absolute atomic E-state index is 3.56. The lowest BCUT2D eigenvalue weighted by Crippen LogP contribution is -2.31. The van der Waals surface area contributed by atoms with E-state index in [-0.39, 0.29) is 0 Å². The summed E-state index contributed by atoms with van der Waals surface area (Å²) >= 11 is 0. The van der Waals surface area contributed by atoms with Gasteiger partial charge in [0, 0.05) is 37.1 Å². The van der Waals surface area contributed by atoms with Gasteiger partial charge in [0.1, 0.15) is 0 Å². The van der Waals surface area contributed by atoms with E-state index in [1.165, 1.54) is 12.0 Å². The van der Waals surface area contributed by atoms with E-state index in [0.29, 0.717) is 11.6 Å². The topological polar surface area (TPSA) is 39.9 Å². The average Bonchev–Trinajstić information content (AvgIpc) is 2.70. The van der Waals surface area contributed by atoms with Crippen LogP contribution < -0.4 is 10.6 Å². The van der Waals surface area contributed by atoms with E-state index in [9.17, 15) is 0 Å². The predicted molar refractivity (Wildman–Crippen MR) is 58.1 cm³/mol. The molecule has 1 aliphatic rings. The van der Waals surface area contributed by atoms with Crippen LogP contribution >= 0.6 is 0 Å². The first kappa shape index (κ1) is 9.74. The summed E-state index contributed by atoms with van der Waals surface area (Å²) in [5.74, 6) is 0. The Kier molecular flexibility index (Phi) is 2.61. The van der Waals surface area contributed by atoms with Crippen molar-refractivity contribution in [2.45, 2.75) is 38.4 Å². The molecule has 0 saturated carbocycles. The Bertz CT molecular complexity index is 277. The van der Waals surface area contributed by atoms with Crippen LogP contribution in [0.3, 0.4) is 0 Å². The van der Waals surface area contributed by atoms with Crippen LogP contribution in [0, 0.1) is 0 Å². The third-order valence-electron chi connectivity index (χ3n) is 2.84. The number of hydrogen-bond donors (Lipinski definition) is 3. The number of rotatable bonds is 3. The fourth-order valence-corrected chi connectivity index (χ4v) is 2.03. The molecule has 1 saturated heterocycles. The van der Waals surface area contributed by atoms with E-state index < -0.39 is 0 Å². The molecule has 78 valence electrons. The molecule has 3 N–H and O–H groups in total. The summed E-state index contributed by atoms with van der Waals surface area (Å²) in [5, 5.41) is 7.06. The molecule has 0 aromatic carbocycles. The van der Waals surface area contributed by atoms with Crippen molar-refractivity contribution >= 4 is 0 Å². The smallest absolute Gasteiger partial charge is 0.0223 e. The van der Waals surface area contributed by atoms with Gasteiger partial charge in [0.25, 0.3) is 0 Å². The summed E-state index contributed by atoms with van der Waals surface area (Å²) < 4.78 is 0. The molecule has 0 aliphatic carbocycles. The number of hydrogen-bond acceptors (Lipinski definition) is 2. The standard InChI is InChI=1S/C11H19N3/c1-11(2)5-10(8-14-11)13-7-9-3-4-12-6-9/h3-4,6,10,12-14H,5,7-8H2,1-2H3. The molecule has 1 aromatic rings. The van der Waals surface area contributed by atoms with Crippen LogP contribution in [0.5, 0.6) is 0 Å². The van der Waals surface area contributed by atoms with Crippen LogP contribution in [-0.4, -0.2) is 23.1 Å². The van der Waals surface area contributed by atoms with Crippen LogP contribution in [0.25, 0.3) is 0 Å². The molecule has 1 unspecified atom stereocenters. The lowest BCUT2D eigenvalue weighted by Gasteiger charge is -2.17. The van der Waals surface area contributed by atoms with Gasteiger partial charge in [-0.15, -0.1) is 0 Å². The van der Waals surface area contributed by atoms with Gasteiger partial charge >= 0.3 is 0 Å². The zero-order chi connectivity index (χ0) is 10.0. The van der Waals surface area contributed by atoms with Crippen molar-refractivity contribution in [2.24, 2.45) is 0 Å². The highest BCUT2D eigenvalue weighted by Gasteiger charge is 2.29. The van der Waals surface area contributed by atoms with Crippen LogP contribution in [-0.2, 0) is 6.54 Å². The monoisotopic (exact) mass is 193 g/mol. The van der Waals surface area contributed by atoms with Gasteiger partial charge in [-0.3, -0.25) is 0 Å². The van der Waals surface area contributed by atoms with Crippen molar-refractivity contribution in [1.29, 1.82) is 0 Å². The first-order chi connectivity index (χ1) is 6.66. The second kappa shape index (κ2) is 3.75. The summed E-state index contributed by atoms with van der Waals surface area (Å²) in [6, 6.07) is 2.72. The summed E-state index contributed by atoms with van der Waals surface area (Å²) in [6.07, 6.45) is 5.21. The number of aromatic nitrogens is 1. The quantitative estimate of drug-likeness (QED) is 0.676. The molecule has 1 fully saturated rings. The van der Waals surface area contributed by atoms with Gasteiger partial charge in [0.2, 0.25) is 0 Å². The normalized spacial score (nSPS) is 25.4. The van der Waals surface area contributed by atoms with E-state index in [0.717, 1.165) is 13.1 Å². The second-order valence-corrected chi connectivity index (χ2v) is 4.77. The predicted octanol–water partition coefficient (Wildman–Crippen LogP) is 1.24. The highest BCUT2D eigenvalue weighted by atomic mass is 15.1. The zero-order valence-electron chi connectivity index (χ0n) is 8.93. The molecule has 3 nitrogen and oxygen atoms in total. The molecule has 0 spiro atoms. The molecule has 2 heterocycles. The molecule has 1 aliphatic heterocycles. The van der Waals surface area contributed by atoms with E-state index in [2.05, 4.69) is 35.5 Å². The molecule has 0 bridgehead atoms. The fourth-order valence-electron chi connectivity index (χ4n) is 2.03. The van der Waals surface area contributed by atoms with Gasteiger partial charge in [0.15, 0.2) is 0 Å². The van der Waals surface area contributed by atoms with Crippen molar-refractivity contribution in [3.05, 3.63) is 24.0 Å². The lowest BCUT2D eigenvalue weighted by atomic mass is 10.0. The fraction of sp³-hybridized carbons (Fsp3) is 0.636. The van der Waals surface area contributed by atoms with Crippen molar-refractivity contribution in [3.8, 4) is 0 Å². The molecule has 0 amide bonds. The molecule has 3 heteroatoms. The highest BCUT2D eigenvalue weighted by molar-refractivity contribution is 5.08. The molecular formula is C11H19N3. The Morgan fingerprint density at radius 1 is 1.57 bits per heavy atom. The zero-order valence-corrected chi connectivity index (χ0v) is 8.93. The van der Waals surface area contributed by atoms with E-state index >= 15 is 0 Å². The Labute approximate surface area is 85.3 Å². The minimum Gasteiger partial charge on any atom is -0.367 e. The third-order valence-corrected chi connectivity index (χ3v) is 2.84. The van der Waals surface area contributed by atoms with Gasteiger partial charge in [-0.2, -0.15) is 0 Å². The van der Waals surface area contributed by atoms with Crippen LogP contribution in [0.15, 0.2) is 18.5 Å². The van der Waals surface area contributed by atoms with Crippen molar-refractivity contribution in [1.82, 2.24) is 15.6 Å². The van der Waals surface area contributed by atoms with Crippen molar-refractivity contribution < 1.29 is 0 Å². The summed E-state index contributed by atoms with van der Waals surface area (Å²) in [6.45, 7) is 6.55. The molecule has 1 aromatic heterocycles. The molecule has 0 radical (unpaired) electrons. The summed E-state index contributed by atoms with van der Waals surface area (Å²) in [4.78, 5) is 3.07. The first-order valence-electron chi connectivity index (χ1n) is 5.26. The molecule has 2 rings (SSSR count). The molecule has 1 atom stereocenters. The SMILES string of the molecule is CC1(C)CC(NCc2cc[nH]c2)CN1. The van der Waals surface area contributed by atoms with Crippen LogP contribution in [0.1, 0.15) is 25.8 Å². The Balaban J connectivity index is 1.78. The molecule has 14 heavy (non-hydrogen) atoms. The van der Waals surface area contributed by atoms with Crippen LogP contribution in [0.4, 0.5) is 0 Å². The third kappa shape index (κ3) is 2.36. The first-order valence-corrected chi connectivity index (χ1v) is 5.26. The second-order valence-electron chi connectivity index (χ2n) is 4.77. The minimum atomic E-state index is 0.301. The maximum Gasteiger partial charge on any atom is 0.0223 e. The van der Waals surface area contributed by atoms with Crippen molar-refractivity contribution in [3.63, 3.8) is 0 Å².